The van der Waals surface area contributed by atoms with Gasteiger partial charge in [0.05, 0.1) is 12.5 Å². The van der Waals surface area contributed by atoms with Crippen molar-refractivity contribution in [2.45, 2.75) is 11.4 Å². The van der Waals surface area contributed by atoms with Crippen molar-refractivity contribution in [3.63, 3.8) is 0 Å². The topological polar surface area (TPSA) is 104 Å². The maximum atomic E-state index is 11.4. The standard InChI is InChI=1S/C7H12N4O3S/c1-8-6(12)2-3-11-15(13,14)7-4-9-5-10-7/h4-5,11H,2-3H2,1H3,(H,8,12)(H,9,10). The largest absolute Gasteiger partial charge is 0.359 e. The fourth-order valence-electron chi connectivity index (χ4n) is 0.892. The van der Waals surface area contributed by atoms with Crippen molar-refractivity contribution in [1.82, 2.24) is 20.0 Å². The molecular formula is C7H12N4O3S. The van der Waals surface area contributed by atoms with Gasteiger partial charge in [-0.05, 0) is 0 Å². The lowest BCUT2D eigenvalue weighted by Crippen LogP contribution is -2.29. The third kappa shape index (κ3) is 3.33. The first kappa shape index (κ1) is 11.7. The zero-order valence-electron chi connectivity index (χ0n) is 8.15. The van der Waals surface area contributed by atoms with E-state index in [1.54, 1.807) is 0 Å². The molecule has 1 aromatic rings. The number of amides is 1. The molecule has 1 heterocycles. The van der Waals surface area contributed by atoms with Crippen LogP contribution in [0.3, 0.4) is 0 Å². The highest BCUT2D eigenvalue weighted by atomic mass is 32.2. The summed E-state index contributed by atoms with van der Waals surface area (Å²) in [7, 11) is -2.08. The summed E-state index contributed by atoms with van der Waals surface area (Å²) in [6.07, 6.45) is 2.57. The number of sulfonamides is 1. The lowest BCUT2D eigenvalue weighted by atomic mass is 10.4. The number of H-pyrrole nitrogens is 1. The second-order valence-corrected chi connectivity index (χ2v) is 4.47. The van der Waals surface area contributed by atoms with Gasteiger partial charge in [-0.1, -0.05) is 0 Å². The number of hydrogen-bond donors (Lipinski definition) is 3. The molecule has 0 bridgehead atoms. The van der Waals surface area contributed by atoms with Crippen molar-refractivity contribution in [2.24, 2.45) is 0 Å². The molecule has 0 aliphatic carbocycles. The zero-order chi connectivity index (χ0) is 11.3. The van der Waals surface area contributed by atoms with Crippen LogP contribution >= 0.6 is 0 Å². The number of carbonyl (C=O) groups is 1. The van der Waals surface area contributed by atoms with E-state index in [0.717, 1.165) is 0 Å². The Kier molecular flexibility index (Phi) is 3.81. The summed E-state index contributed by atoms with van der Waals surface area (Å²) < 4.78 is 25.2. The van der Waals surface area contributed by atoms with Gasteiger partial charge in [0.25, 0.3) is 10.0 Å². The Hall–Kier alpha value is -1.41. The second-order valence-electron chi connectivity index (χ2n) is 2.74. The SMILES string of the molecule is CNC(=O)CCNS(=O)(=O)c1cnc[nH]1. The summed E-state index contributed by atoms with van der Waals surface area (Å²) >= 11 is 0. The van der Waals surface area contributed by atoms with Crippen molar-refractivity contribution >= 4 is 15.9 Å². The monoisotopic (exact) mass is 232 g/mol. The Morgan fingerprint density at radius 2 is 2.33 bits per heavy atom. The van der Waals surface area contributed by atoms with Crippen molar-refractivity contribution in [3.8, 4) is 0 Å². The Balaban J connectivity index is 2.49. The second kappa shape index (κ2) is 4.89. The first-order valence-corrected chi connectivity index (χ1v) is 5.73. The number of rotatable bonds is 5. The maximum Gasteiger partial charge on any atom is 0.257 e. The van der Waals surface area contributed by atoms with Gasteiger partial charge < -0.3 is 10.3 Å². The molecular weight excluding hydrogens is 220 g/mol. The summed E-state index contributed by atoms with van der Waals surface area (Å²) in [5, 5.41) is 2.38. The van der Waals surface area contributed by atoms with Gasteiger partial charge in [0.2, 0.25) is 5.91 Å². The Labute approximate surface area is 87.3 Å². The summed E-state index contributed by atoms with van der Waals surface area (Å²) in [5.41, 5.74) is 0. The van der Waals surface area contributed by atoms with E-state index in [-0.39, 0.29) is 23.9 Å². The molecule has 0 atom stereocenters. The van der Waals surface area contributed by atoms with E-state index in [9.17, 15) is 13.2 Å². The molecule has 0 radical (unpaired) electrons. The van der Waals surface area contributed by atoms with Crippen molar-refractivity contribution in [2.75, 3.05) is 13.6 Å². The summed E-state index contributed by atoms with van der Waals surface area (Å²) in [4.78, 5) is 16.9. The van der Waals surface area contributed by atoms with Crippen molar-refractivity contribution in [3.05, 3.63) is 12.5 Å². The quantitative estimate of drug-likeness (QED) is 0.594. The molecule has 0 saturated heterocycles. The highest BCUT2D eigenvalue weighted by Gasteiger charge is 2.14. The third-order valence-electron chi connectivity index (χ3n) is 1.69. The minimum Gasteiger partial charge on any atom is -0.359 e. The van der Waals surface area contributed by atoms with Crippen molar-refractivity contribution < 1.29 is 13.2 Å². The van der Waals surface area contributed by atoms with Crippen LogP contribution in [0.5, 0.6) is 0 Å². The van der Waals surface area contributed by atoms with Gasteiger partial charge in [0.15, 0.2) is 5.03 Å². The van der Waals surface area contributed by atoms with Gasteiger partial charge in [0, 0.05) is 20.0 Å². The lowest BCUT2D eigenvalue weighted by Gasteiger charge is -2.03. The number of hydrogen-bond acceptors (Lipinski definition) is 4. The van der Waals surface area contributed by atoms with Gasteiger partial charge in [0.1, 0.15) is 0 Å². The van der Waals surface area contributed by atoms with E-state index in [1.807, 2.05) is 0 Å². The number of nitrogens with zero attached hydrogens (tertiary/aromatic N) is 1. The molecule has 15 heavy (non-hydrogen) atoms. The van der Waals surface area contributed by atoms with E-state index in [2.05, 4.69) is 20.0 Å². The Morgan fingerprint density at radius 3 is 2.87 bits per heavy atom. The molecule has 1 amide bonds. The van der Waals surface area contributed by atoms with E-state index in [1.165, 1.54) is 19.6 Å². The molecule has 0 aliphatic rings. The van der Waals surface area contributed by atoms with Crippen LogP contribution in [0.25, 0.3) is 0 Å². The van der Waals surface area contributed by atoms with E-state index in [4.69, 9.17) is 0 Å². The zero-order valence-corrected chi connectivity index (χ0v) is 8.97. The summed E-state index contributed by atoms with van der Waals surface area (Å²) in [5.74, 6) is -0.220. The van der Waals surface area contributed by atoms with Crippen LogP contribution in [0.4, 0.5) is 0 Å². The molecule has 7 nitrogen and oxygen atoms in total. The molecule has 3 N–H and O–H groups in total. The molecule has 84 valence electrons. The average molecular weight is 232 g/mol. The normalized spacial score (nSPS) is 11.3. The number of nitrogens with one attached hydrogen (secondary N) is 3. The minimum absolute atomic E-state index is 0.0144. The number of imidazole rings is 1. The average Bonchev–Trinajstić information content (AvgIpc) is 2.70. The first-order valence-electron chi connectivity index (χ1n) is 4.25. The summed E-state index contributed by atoms with van der Waals surface area (Å²) in [6, 6.07) is 0. The van der Waals surface area contributed by atoms with E-state index < -0.39 is 10.0 Å². The van der Waals surface area contributed by atoms with Crippen LogP contribution in [0, 0.1) is 0 Å². The fourth-order valence-corrected chi connectivity index (χ4v) is 1.83. The molecule has 0 unspecified atom stereocenters. The van der Waals surface area contributed by atoms with Gasteiger partial charge in [-0.25, -0.2) is 18.1 Å². The molecule has 0 fully saturated rings. The fraction of sp³-hybridized carbons (Fsp3) is 0.429. The Morgan fingerprint density at radius 1 is 1.60 bits per heavy atom. The van der Waals surface area contributed by atoms with Crippen LogP contribution in [-0.4, -0.2) is 37.9 Å². The third-order valence-corrected chi connectivity index (χ3v) is 3.07. The van der Waals surface area contributed by atoms with Crippen LogP contribution < -0.4 is 10.0 Å². The van der Waals surface area contributed by atoms with Crippen LogP contribution in [-0.2, 0) is 14.8 Å². The van der Waals surface area contributed by atoms with Crippen LogP contribution in [0.15, 0.2) is 17.6 Å². The Bertz CT molecular complexity index is 411. The van der Waals surface area contributed by atoms with Crippen molar-refractivity contribution in [1.29, 1.82) is 0 Å². The van der Waals surface area contributed by atoms with Gasteiger partial charge >= 0.3 is 0 Å². The highest BCUT2D eigenvalue weighted by molar-refractivity contribution is 7.89. The summed E-state index contributed by atoms with van der Waals surface area (Å²) in [6.45, 7) is 0.0566. The van der Waals surface area contributed by atoms with E-state index >= 15 is 0 Å². The molecule has 0 aliphatic heterocycles. The van der Waals surface area contributed by atoms with Crippen LogP contribution in [0.1, 0.15) is 6.42 Å². The van der Waals surface area contributed by atoms with Gasteiger partial charge in [-0.3, -0.25) is 4.79 Å². The molecule has 1 aromatic heterocycles. The van der Waals surface area contributed by atoms with Gasteiger partial charge in [-0.15, -0.1) is 0 Å². The van der Waals surface area contributed by atoms with Gasteiger partial charge in [-0.2, -0.15) is 0 Å². The molecule has 1 rings (SSSR count). The minimum atomic E-state index is -3.57. The molecule has 0 aromatic carbocycles. The first-order chi connectivity index (χ1) is 7.06. The molecule has 0 spiro atoms. The number of aromatic nitrogens is 2. The smallest absolute Gasteiger partial charge is 0.257 e. The molecule has 8 heteroatoms. The van der Waals surface area contributed by atoms with E-state index in [0.29, 0.717) is 0 Å². The predicted octanol–water partition coefficient (Wildman–Crippen LogP) is -1.18. The molecule has 0 saturated carbocycles. The predicted molar refractivity (Wildman–Crippen MR) is 52.5 cm³/mol. The number of aromatic amines is 1. The van der Waals surface area contributed by atoms with Crippen LogP contribution in [0.2, 0.25) is 0 Å². The lowest BCUT2D eigenvalue weighted by molar-refractivity contribution is -0.120. The highest BCUT2D eigenvalue weighted by Crippen LogP contribution is 2.01. The maximum absolute atomic E-state index is 11.4. The number of carbonyl (C=O) groups excluding carboxylic acids is 1.